The number of H-pyrrole nitrogens is 1. The first-order valence-electron chi connectivity index (χ1n) is 6.56. The fraction of sp³-hybridized carbons (Fsp3) is 0.500. The van der Waals surface area contributed by atoms with Crippen molar-refractivity contribution in [2.75, 3.05) is 19.6 Å². The molecule has 2 bridgehead atoms. The van der Waals surface area contributed by atoms with Gasteiger partial charge in [0.1, 0.15) is 5.65 Å². The Balaban J connectivity index is 1.74. The lowest BCUT2D eigenvalue weighted by molar-refractivity contribution is 0.0857. The zero-order valence-electron chi connectivity index (χ0n) is 9.89. The maximum Gasteiger partial charge on any atom is 0.137 e. The Hall–Kier alpha value is -1.35. The van der Waals surface area contributed by atoms with E-state index in [1.165, 1.54) is 43.6 Å². The molecule has 0 spiro atoms. The summed E-state index contributed by atoms with van der Waals surface area (Å²) in [5, 5.41) is 1.25. The number of fused-ring (bicyclic) bond motifs is 4. The van der Waals surface area contributed by atoms with Crippen molar-refractivity contribution in [2.24, 2.45) is 5.92 Å². The summed E-state index contributed by atoms with van der Waals surface area (Å²) in [7, 11) is 0. The van der Waals surface area contributed by atoms with Gasteiger partial charge in [-0.1, -0.05) is 0 Å². The predicted molar refractivity (Wildman–Crippen MR) is 68.0 cm³/mol. The molecule has 3 saturated heterocycles. The van der Waals surface area contributed by atoms with Crippen LogP contribution in [0.3, 0.4) is 0 Å². The van der Waals surface area contributed by atoms with E-state index in [1.807, 2.05) is 12.3 Å². The van der Waals surface area contributed by atoms with Crippen molar-refractivity contribution in [3.8, 4) is 0 Å². The molecule has 3 aliphatic rings. The summed E-state index contributed by atoms with van der Waals surface area (Å²) in [5.74, 6) is 1.58. The highest BCUT2D eigenvalue weighted by molar-refractivity contribution is 5.76. The van der Waals surface area contributed by atoms with Gasteiger partial charge in [-0.2, -0.15) is 0 Å². The van der Waals surface area contributed by atoms with Gasteiger partial charge in [-0.25, -0.2) is 4.98 Å². The third-order valence-corrected chi connectivity index (χ3v) is 4.47. The monoisotopic (exact) mass is 227 g/mol. The topological polar surface area (TPSA) is 31.9 Å². The van der Waals surface area contributed by atoms with Gasteiger partial charge in [-0.05, 0) is 50.0 Å². The third-order valence-electron chi connectivity index (χ3n) is 4.47. The number of hydrogen-bond donors (Lipinski definition) is 1. The molecule has 1 unspecified atom stereocenters. The third kappa shape index (κ3) is 1.49. The molecule has 1 atom stereocenters. The molecule has 3 fully saturated rings. The zero-order valence-corrected chi connectivity index (χ0v) is 9.89. The van der Waals surface area contributed by atoms with Crippen molar-refractivity contribution in [2.45, 2.75) is 18.8 Å². The van der Waals surface area contributed by atoms with Gasteiger partial charge in [0.15, 0.2) is 0 Å². The molecular weight excluding hydrogens is 210 g/mol. The van der Waals surface area contributed by atoms with E-state index in [-0.39, 0.29) is 0 Å². The molecule has 3 heteroatoms. The second-order valence-corrected chi connectivity index (χ2v) is 5.41. The van der Waals surface area contributed by atoms with Gasteiger partial charge in [0, 0.05) is 29.7 Å². The number of rotatable bonds is 1. The molecule has 3 aliphatic heterocycles. The van der Waals surface area contributed by atoms with E-state index in [2.05, 4.69) is 27.0 Å². The van der Waals surface area contributed by atoms with Crippen LogP contribution in [-0.4, -0.2) is 34.5 Å². The van der Waals surface area contributed by atoms with Gasteiger partial charge in [0.2, 0.25) is 0 Å². The van der Waals surface area contributed by atoms with Gasteiger partial charge in [-0.3, -0.25) is 0 Å². The van der Waals surface area contributed by atoms with Gasteiger partial charge < -0.3 is 9.88 Å². The van der Waals surface area contributed by atoms with Crippen LogP contribution < -0.4 is 0 Å². The van der Waals surface area contributed by atoms with E-state index in [4.69, 9.17) is 0 Å². The summed E-state index contributed by atoms with van der Waals surface area (Å²) in [6.45, 7) is 3.84. The van der Waals surface area contributed by atoms with Crippen LogP contribution in [0.1, 0.15) is 24.5 Å². The molecule has 2 aromatic rings. The number of nitrogens with zero attached hydrogens (tertiary/aromatic N) is 2. The van der Waals surface area contributed by atoms with Gasteiger partial charge in [0.25, 0.3) is 0 Å². The van der Waals surface area contributed by atoms with Gasteiger partial charge in [0.05, 0.1) is 0 Å². The van der Waals surface area contributed by atoms with E-state index < -0.39 is 0 Å². The second-order valence-electron chi connectivity index (χ2n) is 5.41. The smallest absolute Gasteiger partial charge is 0.137 e. The molecule has 0 radical (unpaired) electrons. The van der Waals surface area contributed by atoms with Crippen LogP contribution in [0.15, 0.2) is 24.4 Å². The van der Waals surface area contributed by atoms with Crippen molar-refractivity contribution >= 4 is 11.0 Å². The van der Waals surface area contributed by atoms with Crippen LogP contribution in [0.4, 0.5) is 0 Å². The average Bonchev–Trinajstić information content (AvgIpc) is 2.83. The largest absolute Gasteiger partial charge is 0.343 e. The van der Waals surface area contributed by atoms with Crippen LogP contribution in [0, 0.1) is 5.92 Å². The first-order chi connectivity index (χ1) is 8.40. The molecule has 0 amide bonds. The number of nitrogens with one attached hydrogen (secondary N) is 1. The molecule has 1 N–H and O–H groups in total. The fourth-order valence-electron chi connectivity index (χ4n) is 3.50. The quantitative estimate of drug-likeness (QED) is 0.811. The van der Waals surface area contributed by atoms with Crippen LogP contribution in [0.5, 0.6) is 0 Å². The molecule has 88 valence electrons. The van der Waals surface area contributed by atoms with E-state index >= 15 is 0 Å². The zero-order chi connectivity index (χ0) is 11.2. The van der Waals surface area contributed by atoms with Crippen LogP contribution in [-0.2, 0) is 0 Å². The van der Waals surface area contributed by atoms with Crippen molar-refractivity contribution in [3.63, 3.8) is 0 Å². The molecule has 0 saturated carbocycles. The van der Waals surface area contributed by atoms with Gasteiger partial charge >= 0.3 is 0 Å². The summed E-state index contributed by atoms with van der Waals surface area (Å²) in [5.41, 5.74) is 2.44. The SMILES string of the molecule is c1cnc2[nH]c(C3CN4CCC3CC4)cc2c1. The van der Waals surface area contributed by atoms with E-state index in [1.54, 1.807) is 0 Å². The lowest BCUT2D eigenvalue weighted by Gasteiger charge is -2.44. The number of aromatic amines is 1. The number of hydrogen-bond acceptors (Lipinski definition) is 2. The first kappa shape index (κ1) is 9.66. The standard InChI is InChI=1S/C14H17N3/c1-2-11-8-13(16-14(11)15-5-1)12-9-17-6-3-10(12)4-7-17/h1-2,5,8,10,12H,3-4,6-7,9H2,(H,15,16). The minimum atomic E-state index is 0.701. The van der Waals surface area contributed by atoms with Crippen molar-refractivity contribution in [1.29, 1.82) is 0 Å². The Morgan fingerprint density at radius 3 is 2.88 bits per heavy atom. The Labute approximate surface area is 101 Å². The molecule has 0 aromatic carbocycles. The summed E-state index contributed by atoms with van der Waals surface area (Å²) >= 11 is 0. The number of aromatic nitrogens is 2. The molecule has 3 nitrogen and oxygen atoms in total. The summed E-state index contributed by atoms with van der Waals surface area (Å²) in [6.07, 6.45) is 4.60. The normalized spacial score (nSPS) is 32.1. The molecule has 17 heavy (non-hydrogen) atoms. The minimum absolute atomic E-state index is 0.701. The lowest BCUT2D eigenvalue weighted by Crippen LogP contribution is -2.46. The fourth-order valence-corrected chi connectivity index (χ4v) is 3.50. The van der Waals surface area contributed by atoms with E-state index in [9.17, 15) is 0 Å². The van der Waals surface area contributed by atoms with E-state index in [0.29, 0.717) is 5.92 Å². The molecule has 5 heterocycles. The molecule has 5 rings (SSSR count). The summed E-state index contributed by atoms with van der Waals surface area (Å²) < 4.78 is 0. The minimum Gasteiger partial charge on any atom is -0.343 e. The predicted octanol–water partition coefficient (Wildman–Crippen LogP) is 2.37. The van der Waals surface area contributed by atoms with Crippen molar-refractivity contribution in [1.82, 2.24) is 14.9 Å². The first-order valence-corrected chi connectivity index (χ1v) is 6.56. The number of pyridine rings is 1. The maximum absolute atomic E-state index is 4.39. The van der Waals surface area contributed by atoms with Crippen LogP contribution >= 0.6 is 0 Å². The molecule has 0 aliphatic carbocycles. The van der Waals surface area contributed by atoms with Crippen LogP contribution in [0.25, 0.3) is 11.0 Å². The summed E-state index contributed by atoms with van der Waals surface area (Å²) in [6, 6.07) is 6.45. The Morgan fingerprint density at radius 2 is 2.18 bits per heavy atom. The Bertz CT molecular complexity index is 504. The molecular formula is C14H17N3. The number of piperidine rings is 3. The van der Waals surface area contributed by atoms with Crippen molar-refractivity contribution in [3.05, 3.63) is 30.1 Å². The second kappa shape index (κ2) is 3.57. The average molecular weight is 227 g/mol. The van der Waals surface area contributed by atoms with Crippen LogP contribution in [0.2, 0.25) is 0 Å². The maximum atomic E-state index is 4.39. The highest BCUT2D eigenvalue weighted by Gasteiger charge is 2.35. The van der Waals surface area contributed by atoms with E-state index in [0.717, 1.165) is 11.6 Å². The Kier molecular flexibility index (Phi) is 2.03. The van der Waals surface area contributed by atoms with Gasteiger partial charge in [-0.15, -0.1) is 0 Å². The highest BCUT2D eigenvalue weighted by atomic mass is 15.2. The summed E-state index contributed by atoms with van der Waals surface area (Å²) in [4.78, 5) is 10.5. The Morgan fingerprint density at radius 1 is 1.29 bits per heavy atom. The van der Waals surface area contributed by atoms with Crippen molar-refractivity contribution < 1.29 is 0 Å². The lowest BCUT2D eigenvalue weighted by atomic mass is 9.77. The highest BCUT2D eigenvalue weighted by Crippen LogP contribution is 2.39. The molecule has 2 aromatic heterocycles.